The molecule has 4 aliphatic carbocycles. The van der Waals surface area contributed by atoms with Gasteiger partial charge in [-0.25, -0.2) is 0 Å². The van der Waals surface area contributed by atoms with Gasteiger partial charge in [-0.05, 0) is 104 Å². The van der Waals surface area contributed by atoms with Crippen molar-refractivity contribution >= 4 is 17.5 Å². The first kappa shape index (κ1) is 24.5. The highest BCUT2D eigenvalue weighted by molar-refractivity contribution is 5.92. The molecule has 5 nitrogen and oxygen atoms in total. The summed E-state index contributed by atoms with van der Waals surface area (Å²) in [5.41, 5.74) is 1.91. The Morgan fingerprint density at radius 3 is 2.53 bits per heavy atom. The summed E-state index contributed by atoms with van der Waals surface area (Å²) >= 11 is 0. The molecule has 196 valence electrons. The van der Waals surface area contributed by atoms with Gasteiger partial charge >= 0.3 is 0 Å². The molecule has 6 rings (SSSR count). The van der Waals surface area contributed by atoms with Gasteiger partial charge in [0.15, 0.2) is 0 Å². The van der Waals surface area contributed by atoms with Gasteiger partial charge in [0, 0.05) is 25.3 Å². The van der Waals surface area contributed by atoms with Gasteiger partial charge in [-0.15, -0.1) is 0 Å². The van der Waals surface area contributed by atoms with E-state index in [4.69, 9.17) is 4.74 Å². The van der Waals surface area contributed by atoms with Crippen molar-refractivity contribution in [3.63, 3.8) is 0 Å². The van der Waals surface area contributed by atoms with Gasteiger partial charge in [0.2, 0.25) is 11.8 Å². The Labute approximate surface area is 216 Å². The predicted molar refractivity (Wildman–Crippen MR) is 142 cm³/mol. The van der Waals surface area contributed by atoms with E-state index in [1.165, 1.54) is 70.6 Å². The normalized spacial score (nSPS) is 30.9. The predicted octanol–water partition coefficient (Wildman–Crippen LogP) is 5.98. The molecule has 3 atom stereocenters. The van der Waals surface area contributed by atoms with Gasteiger partial charge < -0.3 is 15.4 Å². The standard InChI is InChI=1S/C31H44N2O3/c1-29(11-5-12-29)20-32-28(35)31(16-17-36-21-31)23-6-4-7-24(18-23)33-27(34)19-25(22-9-10-22)26-8-2-3-13-30(26)14-15-30/h4,6-7,18,22,25-26H,2-3,5,8-17,19-21H2,1H3,(H,32,35)(H,33,34). The molecule has 5 fully saturated rings. The minimum absolute atomic E-state index is 0.0671. The third kappa shape index (κ3) is 4.73. The minimum Gasteiger partial charge on any atom is -0.380 e. The fourth-order valence-corrected chi connectivity index (χ4v) is 7.79. The second-order valence-electron chi connectivity index (χ2n) is 13.3. The lowest BCUT2D eigenvalue weighted by Crippen LogP contribution is -2.49. The number of rotatable bonds is 9. The van der Waals surface area contributed by atoms with E-state index in [1.807, 2.05) is 24.3 Å². The fraction of sp³-hybridized carbons (Fsp3) is 0.742. The molecule has 1 aromatic rings. The number of amides is 2. The van der Waals surface area contributed by atoms with Crippen molar-refractivity contribution in [2.24, 2.45) is 28.6 Å². The Morgan fingerprint density at radius 2 is 1.86 bits per heavy atom. The molecule has 5 heteroatoms. The van der Waals surface area contributed by atoms with Gasteiger partial charge in [-0.2, -0.15) is 0 Å². The third-order valence-electron chi connectivity index (χ3n) is 10.7. The van der Waals surface area contributed by atoms with Crippen LogP contribution in [0.3, 0.4) is 0 Å². The van der Waals surface area contributed by atoms with Crippen LogP contribution in [0, 0.1) is 28.6 Å². The van der Waals surface area contributed by atoms with Crippen LogP contribution in [0.1, 0.15) is 96.0 Å². The molecular formula is C31H44N2O3. The van der Waals surface area contributed by atoms with Crippen LogP contribution in [-0.4, -0.2) is 31.6 Å². The Kier molecular flexibility index (Phi) is 6.42. The minimum atomic E-state index is -0.669. The molecule has 2 N–H and O–H groups in total. The zero-order valence-electron chi connectivity index (χ0n) is 22.1. The van der Waals surface area contributed by atoms with Crippen molar-refractivity contribution in [3.05, 3.63) is 29.8 Å². The maximum atomic E-state index is 13.5. The van der Waals surface area contributed by atoms with E-state index < -0.39 is 5.41 Å². The highest BCUT2D eigenvalue weighted by Gasteiger charge is 2.55. The molecule has 1 spiro atoms. The van der Waals surface area contributed by atoms with Gasteiger partial charge in [0.1, 0.15) is 0 Å². The summed E-state index contributed by atoms with van der Waals surface area (Å²) in [6.07, 6.45) is 15.7. The van der Waals surface area contributed by atoms with Crippen LogP contribution in [0.4, 0.5) is 5.69 Å². The summed E-state index contributed by atoms with van der Waals surface area (Å²) in [6, 6.07) is 7.99. The number of ether oxygens (including phenoxy) is 1. The number of anilines is 1. The summed E-state index contributed by atoms with van der Waals surface area (Å²) in [6.45, 7) is 3.99. The Hall–Kier alpha value is -1.88. The highest BCUT2D eigenvalue weighted by atomic mass is 16.5. The zero-order valence-corrected chi connectivity index (χ0v) is 22.1. The maximum Gasteiger partial charge on any atom is 0.233 e. The molecule has 5 aliphatic rings. The lowest BCUT2D eigenvalue weighted by atomic mass is 9.67. The van der Waals surface area contributed by atoms with Gasteiger partial charge in [0.05, 0.1) is 12.0 Å². The largest absolute Gasteiger partial charge is 0.380 e. The van der Waals surface area contributed by atoms with Crippen LogP contribution in [0.5, 0.6) is 0 Å². The fourth-order valence-electron chi connectivity index (χ4n) is 7.79. The lowest BCUT2D eigenvalue weighted by Gasteiger charge is -2.39. The van der Waals surface area contributed by atoms with Crippen LogP contribution >= 0.6 is 0 Å². The van der Waals surface area contributed by atoms with E-state index in [1.54, 1.807) is 0 Å². The van der Waals surface area contributed by atoms with E-state index in [0.29, 0.717) is 37.4 Å². The molecule has 2 amide bonds. The Balaban J connectivity index is 1.13. The van der Waals surface area contributed by atoms with Gasteiger partial charge in [-0.1, -0.05) is 38.3 Å². The number of nitrogens with one attached hydrogen (secondary N) is 2. The molecule has 36 heavy (non-hydrogen) atoms. The number of hydrogen-bond donors (Lipinski definition) is 2. The molecule has 4 saturated carbocycles. The van der Waals surface area contributed by atoms with Crippen molar-refractivity contribution in [1.29, 1.82) is 0 Å². The third-order valence-corrected chi connectivity index (χ3v) is 10.7. The number of hydrogen-bond acceptors (Lipinski definition) is 3. The molecule has 0 bridgehead atoms. The molecular weight excluding hydrogens is 448 g/mol. The summed E-state index contributed by atoms with van der Waals surface area (Å²) in [5, 5.41) is 6.48. The Bertz CT molecular complexity index is 985. The number of carbonyl (C=O) groups is 2. The topological polar surface area (TPSA) is 67.4 Å². The van der Waals surface area contributed by atoms with E-state index in [0.717, 1.165) is 29.6 Å². The highest BCUT2D eigenvalue weighted by Crippen LogP contribution is 2.64. The van der Waals surface area contributed by atoms with Crippen LogP contribution in [0.2, 0.25) is 0 Å². The quantitative estimate of drug-likeness (QED) is 0.446. The second-order valence-corrected chi connectivity index (χ2v) is 13.3. The van der Waals surface area contributed by atoms with Gasteiger partial charge in [-0.3, -0.25) is 9.59 Å². The van der Waals surface area contributed by atoms with E-state index in [2.05, 4.69) is 17.6 Å². The first-order valence-electron chi connectivity index (χ1n) is 14.7. The molecule has 0 aromatic heterocycles. The number of carbonyl (C=O) groups excluding carboxylic acids is 2. The van der Waals surface area contributed by atoms with Gasteiger partial charge in [0.25, 0.3) is 0 Å². The van der Waals surface area contributed by atoms with Crippen molar-refractivity contribution in [1.82, 2.24) is 5.32 Å². The zero-order chi connectivity index (χ0) is 24.8. The van der Waals surface area contributed by atoms with E-state index in [9.17, 15) is 9.59 Å². The van der Waals surface area contributed by atoms with Crippen molar-refractivity contribution in [2.45, 2.75) is 95.8 Å². The van der Waals surface area contributed by atoms with Crippen molar-refractivity contribution in [3.8, 4) is 0 Å². The second kappa shape index (κ2) is 9.45. The molecule has 1 aliphatic heterocycles. The van der Waals surface area contributed by atoms with Crippen molar-refractivity contribution in [2.75, 3.05) is 25.1 Å². The Morgan fingerprint density at radius 1 is 1.03 bits per heavy atom. The lowest BCUT2D eigenvalue weighted by molar-refractivity contribution is -0.127. The average molecular weight is 493 g/mol. The van der Waals surface area contributed by atoms with E-state index in [-0.39, 0.29) is 17.2 Å². The van der Waals surface area contributed by atoms with Crippen LogP contribution in [0.15, 0.2) is 24.3 Å². The molecule has 1 heterocycles. The molecule has 1 saturated heterocycles. The summed E-state index contributed by atoms with van der Waals surface area (Å²) in [5.74, 6) is 2.25. The van der Waals surface area contributed by atoms with Crippen LogP contribution < -0.4 is 10.6 Å². The van der Waals surface area contributed by atoms with Crippen LogP contribution in [0.25, 0.3) is 0 Å². The van der Waals surface area contributed by atoms with Crippen LogP contribution in [-0.2, 0) is 19.7 Å². The summed E-state index contributed by atoms with van der Waals surface area (Å²) in [7, 11) is 0. The average Bonchev–Trinajstić information content (AvgIpc) is 3.79. The molecule has 0 radical (unpaired) electrons. The maximum absolute atomic E-state index is 13.5. The first-order chi connectivity index (χ1) is 17.4. The smallest absolute Gasteiger partial charge is 0.233 e. The SMILES string of the molecule is CC1(CNC(=O)C2(c3cccc(NC(=O)CC(C4CC4)C4CCCCC45CC5)c3)CCOC2)CCC1. The molecule has 1 aromatic carbocycles. The first-order valence-corrected chi connectivity index (χ1v) is 14.7. The van der Waals surface area contributed by atoms with E-state index >= 15 is 0 Å². The summed E-state index contributed by atoms with van der Waals surface area (Å²) < 4.78 is 5.76. The number of benzene rings is 1. The van der Waals surface area contributed by atoms with Crippen molar-refractivity contribution < 1.29 is 14.3 Å². The summed E-state index contributed by atoms with van der Waals surface area (Å²) in [4.78, 5) is 26.8. The molecule has 3 unspecified atom stereocenters. The monoisotopic (exact) mass is 492 g/mol.